The van der Waals surface area contributed by atoms with E-state index in [9.17, 15) is 14.7 Å². The topological polar surface area (TPSA) is 78.2 Å². The number of thiophene rings is 1. The Morgan fingerprint density at radius 3 is 2.74 bits per heavy atom. The smallest absolute Gasteiger partial charge is 0.276 e. The first-order valence-electron chi connectivity index (χ1n) is 12.0. The van der Waals surface area contributed by atoms with Crippen LogP contribution in [0.5, 0.6) is 0 Å². The van der Waals surface area contributed by atoms with Crippen molar-refractivity contribution in [3.05, 3.63) is 45.2 Å². The van der Waals surface area contributed by atoms with Crippen LogP contribution in [0.3, 0.4) is 0 Å². The monoisotopic (exact) mass is 496 g/mol. The number of piperazine rings is 1. The summed E-state index contributed by atoms with van der Waals surface area (Å²) in [5.74, 6) is 1.02. The minimum atomic E-state index is -0.430. The van der Waals surface area contributed by atoms with Crippen LogP contribution in [-0.2, 0) is 4.79 Å². The van der Waals surface area contributed by atoms with E-state index in [1.807, 2.05) is 11.4 Å². The summed E-state index contributed by atoms with van der Waals surface area (Å²) >= 11 is 8.37. The van der Waals surface area contributed by atoms with Gasteiger partial charge in [-0.25, -0.2) is 4.52 Å². The molecule has 0 radical (unpaired) electrons. The van der Waals surface area contributed by atoms with Crippen LogP contribution < -0.4 is 0 Å². The summed E-state index contributed by atoms with van der Waals surface area (Å²) in [6.07, 6.45) is 3.85. The van der Waals surface area contributed by atoms with E-state index in [1.165, 1.54) is 18.4 Å². The number of carbonyl (C=O) groups is 2. The Morgan fingerprint density at radius 1 is 1.21 bits per heavy atom. The summed E-state index contributed by atoms with van der Waals surface area (Å²) in [6.45, 7) is 0.840. The Morgan fingerprint density at radius 2 is 2.06 bits per heavy atom. The Balaban J connectivity index is 1.18. The van der Waals surface area contributed by atoms with E-state index in [0.717, 1.165) is 29.6 Å². The van der Waals surface area contributed by atoms with Gasteiger partial charge < -0.3 is 14.9 Å². The normalized spacial score (nSPS) is 28.6. The lowest BCUT2D eigenvalue weighted by molar-refractivity contribution is -0.140. The molecule has 7 rings (SSSR count). The molecule has 4 fully saturated rings. The van der Waals surface area contributed by atoms with Crippen molar-refractivity contribution in [2.75, 3.05) is 19.6 Å². The van der Waals surface area contributed by atoms with Gasteiger partial charge in [0, 0.05) is 24.0 Å². The summed E-state index contributed by atoms with van der Waals surface area (Å²) in [5, 5.41) is 19.6. The summed E-state index contributed by atoms with van der Waals surface area (Å²) < 4.78 is 1.77. The fourth-order valence-corrected chi connectivity index (χ4v) is 6.81. The van der Waals surface area contributed by atoms with Crippen LogP contribution in [0.1, 0.15) is 47.7 Å². The largest absolute Gasteiger partial charge is 0.391 e. The first kappa shape index (κ1) is 20.9. The summed E-state index contributed by atoms with van der Waals surface area (Å²) in [7, 11) is 0. The van der Waals surface area contributed by atoms with Crippen molar-refractivity contribution in [3.63, 3.8) is 0 Å². The SMILES string of the molecule is O=C(c1nn2c(-c3ccsc3)cc(C3CC3)cc2c1Cl)N1CCN([C@H]2C[C@@H]3C[C@@H]3[C@@H]2O)C(=O)C1. The lowest BCUT2D eigenvalue weighted by atomic mass is 10.1. The third kappa shape index (κ3) is 3.22. The molecule has 4 atom stereocenters. The van der Waals surface area contributed by atoms with E-state index >= 15 is 0 Å². The van der Waals surface area contributed by atoms with E-state index in [-0.39, 0.29) is 30.1 Å². The van der Waals surface area contributed by atoms with Gasteiger partial charge in [-0.3, -0.25) is 9.59 Å². The molecule has 34 heavy (non-hydrogen) atoms. The standard InChI is InChI=1S/C25H25ClN4O3S/c26-22-19-9-15(13-1-2-13)8-18(14-3-6-34-12-14)30(19)27-23(22)25(33)28-4-5-29(21(31)11-28)20-10-16-7-17(16)24(20)32/h3,6,8-9,12-13,16-17,20,24,32H,1-2,4-5,7,10-11H2/t16-,17-,20-,24-/m0/s1. The second-order valence-electron chi connectivity index (χ2n) is 10.2. The summed E-state index contributed by atoms with van der Waals surface area (Å²) in [5.41, 5.74) is 4.12. The van der Waals surface area contributed by atoms with Crippen LogP contribution in [0.25, 0.3) is 16.8 Å². The number of aliphatic hydroxyl groups excluding tert-OH is 1. The zero-order valence-corrected chi connectivity index (χ0v) is 20.1. The van der Waals surface area contributed by atoms with Crippen molar-refractivity contribution in [2.24, 2.45) is 11.8 Å². The van der Waals surface area contributed by atoms with Crippen molar-refractivity contribution in [3.8, 4) is 11.3 Å². The van der Waals surface area contributed by atoms with Gasteiger partial charge in [0.05, 0.1) is 28.4 Å². The fourth-order valence-electron chi connectivity index (χ4n) is 5.91. The Hall–Kier alpha value is -2.42. The molecule has 1 saturated heterocycles. The van der Waals surface area contributed by atoms with Gasteiger partial charge in [-0.2, -0.15) is 16.4 Å². The highest BCUT2D eigenvalue weighted by Gasteiger charge is 2.55. The third-order valence-electron chi connectivity index (χ3n) is 8.06. The van der Waals surface area contributed by atoms with Gasteiger partial charge in [0.1, 0.15) is 6.54 Å². The maximum absolute atomic E-state index is 13.5. The van der Waals surface area contributed by atoms with Gasteiger partial charge in [-0.15, -0.1) is 0 Å². The minimum absolute atomic E-state index is 0.00764. The number of fused-ring (bicyclic) bond motifs is 2. The molecule has 1 aliphatic heterocycles. The predicted molar refractivity (Wildman–Crippen MR) is 129 cm³/mol. The fraction of sp³-hybridized carbons (Fsp3) is 0.480. The Labute approximate surface area is 205 Å². The minimum Gasteiger partial charge on any atom is -0.391 e. The van der Waals surface area contributed by atoms with Crippen LogP contribution >= 0.6 is 22.9 Å². The van der Waals surface area contributed by atoms with E-state index < -0.39 is 6.10 Å². The molecule has 3 aromatic heterocycles. The van der Waals surface area contributed by atoms with Crippen LogP contribution in [0, 0.1) is 11.8 Å². The zero-order valence-electron chi connectivity index (χ0n) is 18.6. The van der Waals surface area contributed by atoms with Crippen LogP contribution in [0.2, 0.25) is 5.02 Å². The lowest BCUT2D eigenvalue weighted by Crippen LogP contribution is -2.57. The molecule has 0 aromatic carbocycles. The second-order valence-corrected chi connectivity index (χ2v) is 11.3. The van der Waals surface area contributed by atoms with Gasteiger partial charge in [-0.05, 0) is 72.6 Å². The predicted octanol–water partition coefficient (Wildman–Crippen LogP) is 3.65. The summed E-state index contributed by atoms with van der Waals surface area (Å²) in [4.78, 5) is 29.7. The molecule has 2 amide bonds. The lowest BCUT2D eigenvalue weighted by Gasteiger charge is -2.39. The van der Waals surface area contributed by atoms with Crippen molar-refractivity contribution in [1.82, 2.24) is 19.4 Å². The quantitative estimate of drug-likeness (QED) is 0.598. The average Bonchev–Trinajstić information content (AvgIpc) is 3.71. The molecule has 176 valence electrons. The van der Waals surface area contributed by atoms with Crippen LogP contribution in [0.15, 0.2) is 29.0 Å². The average molecular weight is 497 g/mol. The number of aromatic nitrogens is 2. The maximum Gasteiger partial charge on any atom is 0.276 e. The molecular weight excluding hydrogens is 472 g/mol. The Bertz CT molecular complexity index is 1320. The first-order chi connectivity index (χ1) is 16.5. The van der Waals surface area contributed by atoms with Gasteiger partial charge >= 0.3 is 0 Å². The molecule has 0 spiro atoms. The number of pyridine rings is 1. The highest BCUT2D eigenvalue weighted by molar-refractivity contribution is 7.08. The zero-order chi connectivity index (χ0) is 23.1. The number of nitrogens with zero attached hydrogens (tertiary/aromatic N) is 4. The molecule has 3 aliphatic carbocycles. The third-order valence-corrected chi connectivity index (χ3v) is 9.12. The van der Waals surface area contributed by atoms with Crippen LogP contribution in [-0.4, -0.2) is 68.1 Å². The molecule has 3 aromatic rings. The molecule has 7 nitrogen and oxygen atoms in total. The molecule has 4 heterocycles. The molecule has 3 saturated carbocycles. The van der Waals surface area contributed by atoms with E-state index in [4.69, 9.17) is 11.6 Å². The number of aliphatic hydroxyl groups is 1. The van der Waals surface area contributed by atoms with Gasteiger partial charge in [-0.1, -0.05) is 11.6 Å². The van der Waals surface area contributed by atoms with Crippen molar-refractivity contribution in [1.29, 1.82) is 0 Å². The molecule has 4 aliphatic rings. The maximum atomic E-state index is 13.5. The van der Waals surface area contributed by atoms with Crippen molar-refractivity contribution >= 4 is 40.3 Å². The van der Waals surface area contributed by atoms with E-state index in [2.05, 4.69) is 22.6 Å². The molecule has 0 bridgehead atoms. The molecular formula is C25H25ClN4O3S. The van der Waals surface area contributed by atoms with Gasteiger partial charge in [0.25, 0.3) is 5.91 Å². The first-order valence-corrected chi connectivity index (χ1v) is 13.3. The molecule has 0 unspecified atom stereocenters. The number of hydrogen-bond donors (Lipinski definition) is 1. The van der Waals surface area contributed by atoms with Gasteiger partial charge in [0.15, 0.2) is 5.69 Å². The number of amides is 2. The Kier molecular flexibility index (Phi) is 4.64. The van der Waals surface area contributed by atoms with Crippen molar-refractivity contribution < 1.29 is 14.7 Å². The van der Waals surface area contributed by atoms with Crippen LogP contribution in [0.4, 0.5) is 0 Å². The highest BCUT2D eigenvalue weighted by Crippen LogP contribution is 2.53. The molecule has 1 N–H and O–H groups in total. The summed E-state index contributed by atoms with van der Waals surface area (Å²) in [6, 6.07) is 6.15. The number of rotatable bonds is 4. The highest BCUT2D eigenvalue weighted by atomic mass is 35.5. The second kappa shape index (κ2) is 7.54. The van der Waals surface area contributed by atoms with Gasteiger partial charge in [0.2, 0.25) is 5.91 Å². The number of hydrogen-bond acceptors (Lipinski definition) is 5. The van der Waals surface area contributed by atoms with E-state index in [0.29, 0.717) is 35.9 Å². The number of carbonyl (C=O) groups excluding carboxylic acids is 2. The molecule has 9 heteroatoms. The van der Waals surface area contributed by atoms with Crippen molar-refractivity contribution in [2.45, 2.75) is 43.7 Å². The number of halogens is 1. The van der Waals surface area contributed by atoms with E-state index in [1.54, 1.807) is 25.7 Å².